The molecule has 4 rings (SSSR count). The van der Waals surface area contributed by atoms with E-state index < -0.39 is 5.54 Å². The van der Waals surface area contributed by atoms with E-state index in [0.29, 0.717) is 43.7 Å². The molecule has 0 saturated carbocycles. The van der Waals surface area contributed by atoms with Crippen molar-refractivity contribution in [3.05, 3.63) is 101 Å². The summed E-state index contributed by atoms with van der Waals surface area (Å²) in [6, 6.07) is 24.2. The molecule has 0 atom stereocenters. The molecule has 0 aliphatic carbocycles. The Balaban J connectivity index is 1.72. The lowest BCUT2D eigenvalue weighted by molar-refractivity contribution is -0.141. The van der Waals surface area contributed by atoms with Crippen molar-refractivity contribution in [3.63, 3.8) is 0 Å². The van der Waals surface area contributed by atoms with Crippen LogP contribution in [0.4, 0.5) is 5.69 Å². The summed E-state index contributed by atoms with van der Waals surface area (Å²) >= 11 is 0. The molecule has 0 radical (unpaired) electrons. The van der Waals surface area contributed by atoms with Gasteiger partial charge in [0.15, 0.2) is 0 Å². The van der Waals surface area contributed by atoms with Crippen molar-refractivity contribution in [2.45, 2.75) is 52.2 Å². The summed E-state index contributed by atoms with van der Waals surface area (Å²) in [5.74, 6) is -0.787. The van der Waals surface area contributed by atoms with Gasteiger partial charge in [0, 0.05) is 51.3 Å². The molecule has 0 unspecified atom stereocenters. The molecule has 2 N–H and O–H groups in total. The minimum atomic E-state index is -1.17. The number of likely N-dealkylation sites (tertiary alicyclic amines) is 1. The summed E-state index contributed by atoms with van der Waals surface area (Å²) in [7, 11) is 0. The zero-order valence-electron chi connectivity index (χ0n) is 23.3. The standard InChI is InChI=1S/C32H36N4O4/c1-23-9-11-27(12-10-23)22-36(30(39)28-13-15-29(16-14-28)34-24(2)37)32(17-19-35(20-18-32)25(3)38)31(40)33-21-26-7-5-4-6-8-26/h4-16H,17-22H2,1-3H3,(H,33,40)(H,34,37). The number of hydrogen-bond acceptors (Lipinski definition) is 4. The highest BCUT2D eigenvalue weighted by Gasteiger charge is 2.48. The summed E-state index contributed by atoms with van der Waals surface area (Å²) < 4.78 is 0. The fourth-order valence-corrected chi connectivity index (χ4v) is 5.10. The van der Waals surface area contributed by atoms with E-state index in [4.69, 9.17) is 0 Å². The number of rotatable bonds is 8. The second-order valence-electron chi connectivity index (χ2n) is 10.3. The number of nitrogens with one attached hydrogen (secondary N) is 2. The van der Waals surface area contributed by atoms with Gasteiger partial charge in [-0.2, -0.15) is 0 Å². The highest BCUT2D eigenvalue weighted by molar-refractivity contribution is 6.00. The Morgan fingerprint density at radius 1 is 0.825 bits per heavy atom. The molecule has 0 spiro atoms. The third-order valence-electron chi connectivity index (χ3n) is 7.43. The number of carbonyl (C=O) groups excluding carboxylic acids is 4. The monoisotopic (exact) mass is 540 g/mol. The molecule has 0 bridgehead atoms. The average molecular weight is 541 g/mol. The van der Waals surface area contributed by atoms with Gasteiger partial charge in [0.05, 0.1) is 0 Å². The second-order valence-corrected chi connectivity index (χ2v) is 10.3. The van der Waals surface area contributed by atoms with Crippen LogP contribution in [0.2, 0.25) is 0 Å². The van der Waals surface area contributed by atoms with Gasteiger partial charge in [-0.15, -0.1) is 0 Å². The van der Waals surface area contributed by atoms with Crippen molar-refractivity contribution in [1.82, 2.24) is 15.1 Å². The zero-order valence-corrected chi connectivity index (χ0v) is 23.3. The van der Waals surface area contributed by atoms with Gasteiger partial charge in [-0.05, 0) is 55.2 Å². The van der Waals surface area contributed by atoms with Crippen LogP contribution in [-0.4, -0.2) is 52.1 Å². The molecule has 208 valence electrons. The van der Waals surface area contributed by atoms with E-state index in [1.165, 1.54) is 13.8 Å². The lowest BCUT2D eigenvalue weighted by Crippen LogP contribution is -2.64. The Morgan fingerprint density at radius 2 is 1.45 bits per heavy atom. The Hall–Kier alpha value is -4.46. The first-order valence-electron chi connectivity index (χ1n) is 13.5. The highest BCUT2D eigenvalue weighted by atomic mass is 16.2. The number of aryl methyl sites for hydroxylation is 1. The lowest BCUT2D eigenvalue weighted by Gasteiger charge is -2.47. The van der Waals surface area contributed by atoms with Crippen molar-refractivity contribution in [2.24, 2.45) is 0 Å². The van der Waals surface area contributed by atoms with E-state index in [9.17, 15) is 19.2 Å². The molecule has 3 aromatic rings. The quantitative estimate of drug-likeness (QED) is 0.445. The maximum absolute atomic E-state index is 14.2. The molecule has 4 amide bonds. The molecular weight excluding hydrogens is 504 g/mol. The number of nitrogens with zero attached hydrogens (tertiary/aromatic N) is 2. The molecule has 3 aromatic carbocycles. The largest absolute Gasteiger partial charge is 0.350 e. The van der Waals surface area contributed by atoms with Gasteiger partial charge in [0.25, 0.3) is 5.91 Å². The van der Waals surface area contributed by atoms with E-state index in [2.05, 4.69) is 10.6 Å². The van der Waals surface area contributed by atoms with E-state index in [1.54, 1.807) is 34.1 Å². The second kappa shape index (κ2) is 12.6. The normalized spacial score (nSPS) is 14.2. The van der Waals surface area contributed by atoms with Crippen molar-refractivity contribution in [1.29, 1.82) is 0 Å². The number of piperidine rings is 1. The van der Waals surface area contributed by atoms with Crippen molar-refractivity contribution < 1.29 is 19.2 Å². The maximum Gasteiger partial charge on any atom is 0.255 e. The van der Waals surface area contributed by atoms with Crippen molar-refractivity contribution in [3.8, 4) is 0 Å². The van der Waals surface area contributed by atoms with E-state index in [0.717, 1.165) is 16.7 Å². The summed E-state index contributed by atoms with van der Waals surface area (Å²) in [6.07, 6.45) is 0.629. The van der Waals surface area contributed by atoms with Gasteiger partial charge < -0.3 is 20.4 Å². The van der Waals surface area contributed by atoms with Crippen LogP contribution in [0.3, 0.4) is 0 Å². The van der Waals surface area contributed by atoms with Gasteiger partial charge in [-0.3, -0.25) is 19.2 Å². The molecule has 40 heavy (non-hydrogen) atoms. The van der Waals surface area contributed by atoms with Crippen molar-refractivity contribution >= 4 is 29.3 Å². The van der Waals surface area contributed by atoms with Gasteiger partial charge in [0.2, 0.25) is 17.7 Å². The zero-order chi connectivity index (χ0) is 28.7. The SMILES string of the molecule is CC(=O)Nc1ccc(C(=O)N(Cc2ccc(C)cc2)C2(C(=O)NCc3ccccc3)CCN(C(C)=O)CC2)cc1. The maximum atomic E-state index is 14.2. The molecule has 8 nitrogen and oxygen atoms in total. The van der Waals surface area contributed by atoms with Crippen molar-refractivity contribution in [2.75, 3.05) is 18.4 Å². The number of benzene rings is 3. The topological polar surface area (TPSA) is 98.8 Å². The molecule has 1 fully saturated rings. The van der Waals surface area contributed by atoms with Crippen LogP contribution >= 0.6 is 0 Å². The van der Waals surface area contributed by atoms with Crippen LogP contribution in [-0.2, 0) is 27.5 Å². The highest BCUT2D eigenvalue weighted by Crippen LogP contribution is 2.33. The third kappa shape index (κ3) is 6.75. The predicted molar refractivity (Wildman–Crippen MR) is 154 cm³/mol. The molecular formula is C32H36N4O4. The van der Waals surface area contributed by atoms with Crippen LogP contribution in [0.15, 0.2) is 78.9 Å². The molecule has 1 saturated heterocycles. The number of hydrogen-bond donors (Lipinski definition) is 2. The molecule has 1 aliphatic heterocycles. The fraction of sp³-hybridized carbons (Fsp3) is 0.312. The third-order valence-corrected chi connectivity index (χ3v) is 7.43. The minimum Gasteiger partial charge on any atom is -0.350 e. The Labute approximate surface area is 235 Å². The van der Waals surface area contributed by atoms with E-state index in [1.807, 2.05) is 61.5 Å². The van der Waals surface area contributed by atoms with Gasteiger partial charge in [0.1, 0.15) is 5.54 Å². The fourth-order valence-electron chi connectivity index (χ4n) is 5.10. The first kappa shape index (κ1) is 28.5. The lowest BCUT2D eigenvalue weighted by atomic mass is 9.83. The summed E-state index contributed by atoms with van der Waals surface area (Å²) in [5, 5.41) is 5.80. The van der Waals surface area contributed by atoms with Gasteiger partial charge >= 0.3 is 0 Å². The Bertz CT molecular complexity index is 1350. The molecule has 8 heteroatoms. The minimum absolute atomic E-state index is 0.0525. The van der Waals surface area contributed by atoms with Crippen LogP contribution in [0.1, 0.15) is 53.7 Å². The number of amides is 4. The van der Waals surface area contributed by atoms with Crippen LogP contribution < -0.4 is 10.6 Å². The van der Waals surface area contributed by atoms with E-state index in [-0.39, 0.29) is 30.2 Å². The van der Waals surface area contributed by atoms with Crippen LogP contribution in [0.5, 0.6) is 0 Å². The smallest absolute Gasteiger partial charge is 0.255 e. The Morgan fingerprint density at radius 3 is 2.02 bits per heavy atom. The van der Waals surface area contributed by atoms with Crippen LogP contribution in [0, 0.1) is 6.92 Å². The molecule has 1 aliphatic rings. The van der Waals surface area contributed by atoms with Crippen LogP contribution in [0.25, 0.3) is 0 Å². The summed E-state index contributed by atoms with van der Waals surface area (Å²) in [6.45, 7) is 6.24. The van der Waals surface area contributed by atoms with Gasteiger partial charge in [-0.1, -0.05) is 60.2 Å². The number of anilines is 1. The first-order chi connectivity index (χ1) is 19.2. The van der Waals surface area contributed by atoms with Gasteiger partial charge in [-0.25, -0.2) is 0 Å². The van der Waals surface area contributed by atoms with E-state index >= 15 is 0 Å². The average Bonchev–Trinajstić information content (AvgIpc) is 2.96. The first-order valence-corrected chi connectivity index (χ1v) is 13.5. The Kier molecular flexibility index (Phi) is 8.99. The summed E-state index contributed by atoms with van der Waals surface area (Å²) in [5.41, 5.74) is 2.78. The number of carbonyl (C=O) groups is 4. The predicted octanol–water partition coefficient (Wildman–Crippen LogP) is 4.29. The molecule has 1 heterocycles. The summed E-state index contributed by atoms with van der Waals surface area (Å²) in [4.78, 5) is 55.4. The molecule has 0 aromatic heterocycles.